The van der Waals surface area contributed by atoms with Gasteiger partial charge < -0.3 is 25.1 Å². The number of ether oxygens (including phenoxy) is 2. The number of hydrogen-bond donors (Lipinski definition) is 3. The van der Waals surface area contributed by atoms with Gasteiger partial charge in [-0.25, -0.2) is 14.4 Å². The van der Waals surface area contributed by atoms with E-state index in [0.29, 0.717) is 41.0 Å². The monoisotopic (exact) mass is 614 g/mol. The van der Waals surface area contributed by atoms with Crippen molar-refractivity contribution in [3.05, 3.63) is 83.0 Å². The number of hydrogen-bond acceptors (Lipinski definition) is 7. The van der Waals surface area contributed by atoms with E-state index in [4.69, 9.17) is 21.1 Å². The van der Waals surface area contributed by atoms with Crippen molar-refractivity contribution >= 4 is 44.9 Å². The highest BCUT2D eigenvalue weighted by Crippen LogP contribution is 2.46. The molecule has 7 rings (SSSR count). The Morgan fingerprint density at radius 3 is 2.89 bits per heavy atom. The smallest absolute Gasteiger partial charge is 0.162 e. The van der Waals surface area contributed by atoms with Crippen molar-refractivity contribution in [2.75, 3.05) is 45.2 Å². The number of nitrogens with one attached hydrogen (secondary N) is 3. The summed E-state index contributed by atoms with van der Waals surface area (Å²) in [6.45, 7) is 6.72. The van der Waals surface area contributed by atoms with Crippen LogP contribution < -0.4 is 20.1 Å². The Bertz CT molecular complexity index is 1830. The molecule has 2 aromatic heterocycles. The van der Waals surface area contributed by atoms with E-state index in [1.165, 1.54) is 47.0 Å². The number of aromatic nitrogens is 3. The summed E-state index contributed by atoms with van der Waals surface area (Å²) < 4.78 is 25.7. The molecular formula is C34H36ClFN6O2. The molecule has 3 aromatic carbocycles. The van der Waals surface area contributed by atoms with Crippen molar-refractivity contribution < 1.29 is 13.9 Å². The van der Waals surface area contributed by atoms with Gasteiger partial charge in [0.15, 0.2) is 11.5 Å². The van der Waals surface area contributed by atoms with Gasteiger partial charge in [0.25, 0.3) is 0 Å². The van der Waals surface area contributed by atoms with Gasteiger partial charge in [0.1, 0.15) is 18.0 Å². The third kappa shape index (κ3) is 5.02. The molecule has 0 saturated carbocycles. The molecule has 2 atom stereocenters. The fourth-order valence-electron chi connectivity index (χ4n) is 7.10. The summed E-state index contributed by atoms with van der Waals surface area (Å²) in [7, 11) is 1.63. The minimum atomic E-state index is -0.475. The Balaban J connectivity index is 1.09. The number of H-pyrrole nitrogens is 1. The van der Waals surface area contributed by atoms with Crippen LogP contribution in [0.3, 0.4) is 0 Å². The van der Waals surface area contributed by atoms with Crippen LogP contribution in [-0.4, -0.2) is 59.7 Å². The van der Waals surface area contributed by atoms with Gasteiger partial charge in [-0.3, -0.25) is 4.90 Å². The molecule has 5 aromatic rings. The third-order valence-electron chi connectivity index (χ3n) is 9.30. The number of likely N-dealkylation sites (tertiary alicyclic amines) is 1. The molecule has 2 unspecified atom stereocenters. The SMILES string of the molecule is CCc1cccc2cc(C34CNCC3CCN4CCCOc3cc4c(Nc5ccc(F)c(Cl)c5)ncnc4cc3OC)[nH]c12. The van der Waals surface area contributed by atoms with Gasteiger partial charge in [0.2, 0.25) is 0 Å². The Kier molecular flexibility index (Phi) is 7.78. The molecule has 4 heterocycles. The molecule has 3 N–H and O–H groups in total. The van der Waals surface area contributed by atoms with E-state index in [0.717, 1.165) is 44.4 Å². The molecule has 0 bridgehead atoms. The van der Waals surface area contributed by atoms with Crippen molar-refractivity contribution in [1.82, 2.24) is 25.2 Å². The number of para-hydroxylation sites is 1. The first-order valence-electron chi connectivity index (χ1n) is 15.2. The van der Waals surface area contributed by atoms with Gasteiger partial charge in [-0.1, -0.05) is 36.7 Å². The van der Waals surface area contributed by atoms with Crippen LogP contribution in [0.2, 0.25) is 5.02 Å². The highest BCUT2D eigenvalue weighted by molar-refractivity contribution is 6.31. The second kappa shape index (κ2) is 11.9. The van der Waals surface area contributed by atoms with Crippen molar-refractivity contribution in [3.8, 4) is 11.5 Å². The maximum Gasteiger partial charge on any atom is 0.162 e. The Morgan fingerprint density at radius 1 is 1.14 bits per heavy atom. The lowest BCUT2D eigenvalue weighted by atomic mass is 9.84. The van der Waals surface area contributed by atoms with Crippen LogP contribution >= 0.6 is 11.6 Å². The molecule has 0 spiro atoms. The molecule has 2 aliphatic heterocycles. The van der Waals surface area contributed by atoms with Gasteiger partial charge >= 0.3 is 0 Å². The lowest BCUT2D eigenvalue weighted by Gasteiger charge is -2.37. The lowest BCUT2D eigenvalue weighted by molar-refractivity contribution is 0.119. The van der Waals surface area contributed by atoms with E-state index in [-0.39, 0.29) is 10.6 Å². The maximum absolute atomic E-state index is 13.7. The minimum Gasteiger partial charge on any atom is -0.493 e. The second-order valence-electron chi connectivity index (χ2n) is 11.6. The van der Waals surface area contributed by atoms with Crippen molar-refractivity contribution in [3.63, 3.8) is 0 Å². The number of fused-ring (bicyclic) bond motifs is 3. The molecule has 8 nitrogen and oxygen atoms in total. The summed E-state index contributed by atoms with van der Waals surface area (Å²) in [4.78, 5) is 15.3. The zero-order chi connectivity index (χ0) is 30.3. The van der Waals surface area contributed by atoms with E-state index in [2.05, 4.69) is 61.7 Å². The van der Waals surface area contributed by atoms with Crippen LogP contribution in [0.5, 0.6) is 11.5 Å². The third-order valence-corrected chi connectivity index (χ3v) is 9.58. The molecule has 0 radical (unpaired) electrons. The molecule has 2 fully saturated rings. The molecule has 44 heavy (non-hydrogen) atoms. The van der Waals surface area contributed by atoms with Gasteiger partial charge in [-0.2, -0.15) is 0 Å². The minimum absolute atomic E-state index is 0.0359. The lowest BCUT2D eigenvalue weighted by Crippen LogP contribution is -2.47. The van der Waals surface area contributed by atoms with Gasteiger partial charge in [-0.05, 0) is 73.0 Å². The number of halogens is 2. The van der Waals surface area contributed by atoms with Gasteiger partial charge in [0, 0.05) is 48.0 Å². The average molecular weight is 615 g/mol. The number of methoxy groups -OCH3 is 1. The highest BCUT2D eigenvalue weighted by atomic mass is 35.5. The Morgan fingerprint density at radius 2 is 2.05 bits per heavy atom. The van der Waals surface area contributed by atoms with Crippen LogP contribution in [0.4, 0.5) is 15.9 Å². The summed E-state index contributed by atoms with van der Waals surface area (Å²) in [5.41, 5.74) is 5.23. The highest BCUT2D eigenvalue weighted by Gasteiger charge is 2.53. The standard InChI is InChI=1S/C34H36ClFN6O2/c1-3-21-6-4-7-22-14-31(41-32(21)22)34-19-37-18-23(34)10-12-42(34)11-5-13-44-30-16-25-28(17-29(30)43-2)38-20-39-33(25)40-24-8-9-27(36)26(35)15-24/h4,6-9,14-17,20,23,37,41H,3,5,10-13,18-19H2,1-2H3,(H,38,39,40). The number of aromatic amines is 1. The van der Waals surface area contributed by atoms with Crippen LogP contribution in [0, 0.1) is 11.7 Å². The predicted molar refractivity (Wildman–Crippen MR) is 173 cm³/mol. The molecule has 0 amide bonds. The van der Waals surface area contributed by atoms with E-state index in [1.54, 1.807) is 13.2 Å². The first-order valence-corrected chi connectivity index (χ1v) is 15.6. The van der Waals surface area contributed by atoms with Crippen molar-refractivity contribution in [2.24, 2.45) is 5.92 Å². The van der Waals surface area contributed by atoms with Gasteiger partial charge in [-0.15, -0.1) is 0 Å². The van der Waals surface area contributed by atoms with Crippen LogP contribution in [0.15, 0.2) is 60.9 Å². The van der Waals surface area contributed by atoms with Crippen LogP contribution in [-0.2, 0) is 12.0 Å². The summed E-state index contributed by atoms with van der Waals surface area (Å²) in [6, 6.07) is 17.2. The Labute approximate surface area is 260 Å². The number of rotatable bonds is 10. The molecular weight excluding hydrogens is 579 g/mol. The van der Waals surface area contributed by atoms with Crippen molar-refractivity contribution in [2.45, 2.75) is 31.7 Å². The second-order valence-corrected chi connectivity index (χ2v) is 12.1. The molecule has 0 aliphatic carbocycles. The molecule has 10 heteroatoms. The summed E-state index contributed by atoms with van der Waals surface area (Å²) >= 11 is 5.99. The predicted octanol–water partition coefficient (Wildman–Crippen LogP) is 6.81. The van der Waals surface area contributed by atoms with E-state index >= 15 is 0 Å². The summed E-state index contributed by atoms with van der Waals surface area (Å²) in [5, 5.41) is 9.00. The Hall–Kier alpha value is -3.92. The van der Waals surface area contributed by atoms with E-state index < -0.39 is 5.82 Å². The number of nitrogens with zero attached hydrogens (tertiary/aromatic N) is 3. The maximum atomic E-state index is 13.7. The zero-order valence-electron chi connectivity index (χ0n) is 24.9. The number of aryl methyl sites for hydroxylation is 1. The fourth-order valence-corrected chi connectivity index (χ4v) is 7.28. The van der Waals surface area contributed by atoms with E-state index in [9.17, 15) is 4.39 Å². The first-order chi connectivity index (χ1) is 21.5. The van der Waals surface area contributed by atoms with Crippen LogP contribution in [0.1, 0.15) is 31.0 Å². The van der Waals surface area contributed by atoms with E-state index in [1.807, 2.05) is 12.1 Å². The van der Waals surface area contributed by atoms with Crippen LogP contribution in [0.25, 0.3) is 21.8 Å². The first kappa shape index (κ1) is 28.8. The van der Waals surface area contributed by atoms with Crippen molar-refractivity contribution in [1.29, 1.82) is 0 Å². The number of benzene rings is 3. The zero-order valence-corrected chi connectivity index (χ0v) is 25.7. The van der Waals surface area contributed by atoms with Gasteiger partial charge in [0.05, 0.1) is 29.8 Å². The average Bonchev–Trinajstić information content (AvgIpc) is 3.75. The number of anilines is 2. The summed E-state index contributed by atoms with van der Waals surface area (Å²) in [5.74, 6) is 1.89. The topological polar surface area (TPSA) is 87.3 Å². The quantitative estimate of drug-likeness (QED) is 0.149. The molecule has 2 saturated heterocycles. The normalized spacial score (nSPS) is 20.0. The fraction of sp³-hybridized carbons (Fsp3) is 0.353. The largest absolute Gasteiger partial charge is 0.493 e. The summed E-state index contributed by atoms with van der Waals surface area (Å²) in [6.07, 6.45) is 4.52. The molecule has 2 aliphatic rings. The molecule has 228 valence electrons.